The van der Waals surface area contributed by atoms with Gasteiger partial charge in [0, 0.05) is 42.4 Å². The number of nitrogens with two attached hydrogens (primary N) is 1. The molecule has 112 valence electrons. The number of benzene rings is 1. The number of hydrogen-bond acceptors (Lipinski definition) is 3. The topological polar surface area (TPSA) is 32.5 Å². The Bertz CT molecular complexity index is 439. The van der Waals surface area contributed by atoms with Crippen LogP contribution in [0, 0.1) is 0 Å². The maximum Gasteiger partial charge on any atom is 0.0377 e. The normalized spacial score (nSPS) is 19.1. The van der Waals surface area contributed by atoms with Crippen LogP contribution >= 0.6 is 15.9 Å². The molecule has 1 unspecified atom stereocenters. The summed E-state index contributed by atoms with van der Waals surface area (Å²) in [5, 5.41) is 0. The SMILES string of the molecule is CCN1CCC(N(C)c2ccc(C(C)N)c(Br)c2)CC1. The zero-order chi connectivity index (χ0) is 14.7. The molecule has 1 saturated heterocycles. The van der Waals surface area contributed by atoms with Crippen LogP contribution in [0.2, 0.25) is 0 Å². The molecule has 1 aliphatic heterocycles. The third kappa shape index (κ3) is 3.54. The van der Waals surface area contributed by atoms with E-state index >= 15 is 0 Å². The minimum Gasteiger partial charge on any atom is -0.371 e. The molecule has 1 atom stereocenters. The largest absolute Gasteiger partial charge is 0.371 e. The van der Waals surface area contributed by atoms with Gasteiger partial charge in [0.2, 0.25) is 0 Å². The number of anilines is 1. The van der Waals surface area contributed by atoms with Gasteiger partial charge in [0.05, 0.1) is 0 Å². The first kappa shape index (κ1) is 15.8. The van der Waals surface area contributed by atoms with Crippen molar-refractivity contribution >= 4 is 21.6 Å². The monoisotopic (exact) mass is 339 g/mol. The Kier molecular flexibility index (Phi) is 5.47. The van der Waals surface area contributed by atoms with Gasteiger partial charge in [-0.3, -0.25) is 0 Å². The van der Waals surface area contributed by atoms with Crippen molar-refractivity contribution in [3.8, 4) is 0 Å². The van der Waals surface area contributed by atoms with E-state index in [1.165, 1.54) is 43.7 Å². The lowest BCUT2D eigenvalue weighted by atomic mass is 10.0. The van der Waals surface area contributed by atoms with Gasteiger partial charge in [-0.1, -0.05) is 28.9 Å². The number of piperidine rings is 1. The van der Waals surface area contributed by atoms with Crippen molar-refractivity contribution in [3.63, 3.8) is 0 Å². The number of halogens is 1. The molecular formula is C16H26BrN3. The predicted molar refractivity (Wildman–Crippen MR) is 90.3 cm³/mol. The summed E-state index contributed by atoms with van der Waals surface area (Å²) < 4.78 is 1.11. The molecule has 1 fully saturated rings. The summed E-state index contributed by atoms with van der Waals surface area (Å²) in [6.07, 6.45) is 2.49. The summed E-state index contributed by atoms with van der Waals surface area (Å²) in [6.45, 7) is 7.86. The summed E-state index contributed by atoms with van der Waals surface area (Å²) in [5.74, 6) is 0. The van der Waals surface area contributed by atoms with E-state index in [0.29, 0.717) is 6.04 Å². The van der Waals surface area contributed by atoms with Gasteiger partial charge in [0.15, 0.2) is 0 Å². The zero-order valence-corrected chi connectivity index (χ0v) is 14.4. The predicted octanol–water partition coefficient (Wildman–Crippen LogP) is 3.39. The fourth-order valence-corrected chi connectivity index (χ4v) is 3.67. The Labute approximate surface area is 131 Å². The van der Waals surface area contributed by atoms with Crippen LogP contribution in [0.1, 0.15) is 38.3 Å². The molecule has 4 heteroatoms. The molecule has 1 aromatic carbocycles. The van der Waals surface area contributed by atoms with E-state index in [4.69, 9.17) is 5.73 Å². The highest BCUT2D eigenvalue weighted by Gasteiger charge is 2.22. The van der Waals surface area contributed by atoms with Crippen molar-refractivity contribution in [2.24, 2.45) is 5.73 Å². The van der Waals surface area contributed by atoms with E-state index in [1.807, 2.05) is 6.92 Å². The molecule has 2 rings (SSSR count). The molecular weight excluding hydrogens is 314 g/mol. The Morgan fingerprint density at radius 2 is 2.05 bits per heavy atom. The van der Waals surface area contributed by atoms with E-state index in [2.05, 4.69) is 57.9 Å². The second-order valence-corrected chi connectivity index (χ2v) is 6.63. The highest BCUT2D eigenvalue weighted by molar-refractivity contribution is 9.10. The van der Waals surface area contributed by atoms with Crippen molar-refractivity contribution in [1.82, 2.24) is 4.90 Å². The van der Waals surface area contributed by atoms with Crippen LogP contribution in [0.3, 0.4) is 0 Å². The molecule has 1 aliphatic rings. The Morgan fingerprint density at radius 1 is 1.40 bits per heavy atom. The lowest BCUT2D eigenvalue weighted by Gasteiger charge is -2.37. The number of rotatable bonds is 4. The Morgan fingerprint density at radius 3 is 2.55 bits per heavy atom. The van der Waals surface area contributed by atoms with Gasteiger partial charge in [-0.15, -0.1) is 0 Å². The van der Waals surface area contributed by atoms with Gasteiger partial charge in [-0.2, -0.15) is 0 Å². The third-order valence-corrected chi connectivity index (χ3v) is 5.12. The van der Waals surface area contributed by atoms with Gasteiger partial charge in [0.1, 0.15) is 0 Å². The van der Waals surface area contributed by atoms with Gasteiger partial charge < -0.3 is 15.5 Å². The second-order valence-electron chi connectivity index (χ2n) is 5.77. The lowest BCUT2D eigenvalue weighted by molar-refractivity contribution is 0.221. The average Bonchev–Trinajstić information content (AvgIpc) is 2.46. The number of likely N-dealkylation sites (tertiary alicyclic amines) is 1. The summed E-state index contributed by atoms with van der Waals surface area (Å²) in [5.41, 5.74) is 8.41. The smallest absolute Gasteiger partial charge is 0.0377 e. The van der Waals surface area contributed by atoms with E-state index < -0.39 is 0 Å². The lowest BCUT2D eigenvalue weighted by Crippen LogP contribution is -2.43. The fraction of sp³-hybridized carbons (Fsp3) is 0.625. The Balaban J connectivity index is 2.06. The molecule has 0 radical (unpaired) electrons. The highest BCUT2D eigenvalue weighted by atomic mass is 79.9. The van der Waals surface area contributed by atoms with Crippen molar-refractivity contribution in [2.75, 3.05) is 31.6 Å². The van der Waals surface area contributed by atoms with Gasteiger partial charge in [0.25, 0.3) is 0 Å². The minimum atomic E-state index is 0.0662. The van der Waals surface area contributed by atoms with Crippen LogP contribution in [0.4, 0.5) is 5.69 Å². The zero-order valence-electron chi connectivity index (χ0n) is 12.8. The quantitative estimate of drug-likeness (QED) is 0.912. The maximum atomic E-state index is 5.96. The Hall–Kier alpha value is -0.580. The van der Waals surface area contributed by atoms with E-state index in [1.54, 1.807) is 0 Å². The summed E-state index contributed by atoms with van der Waals surface area (Å²) >= 11 is 3.65. The number of nitrogens with zero attached hydrogens (tertiary/aromatic N) is 2. The summed E-state index contributed by atoms with van der Waals surface area (Å²) in [4.78, 5) is 4.95. The number of hydrogen-bond donors (Lipinski definition) is 1. The van der Waals surface area contributed by atoms with Crippen molar-refractivity contribution in [3.05, 3.63) is 28.2 Å². The highest BCUT2D eigenvalue weighted by Crippen LogP contribution is 2.29. The molecule has 2 N–H and O–H groups in total. The van der Waals surface area contributed by atoms with Crippen LogP contribution < -0.4 is 10.6 Å². The van der Waals surface area contributed by atoms with Crippen LogP contribution in [0.5, 0.6) is 0 Å². The molecule has 0 amide bonds. The fourth-order valence-electron chi connectivity index (χ4n) is 2.94. The molecule has 1 heterocycles. The average molecular weight is 340 g/mol. The summed E-state index contributed by atoms with van der Waals surface area (Å²) in [6, 6.07) is 7.24. The first-order valence-corrected chi connectivity index (χ1v) is 8.32. The van der Waals surface area contributed by atoms with Crippen molar-refractivity contribution in [2.45, 2.75) is 38.8 Å². The summed E-state index contributed by atoms with van der Waals surface area (Å²) in [7, 11) is 2.21. The third-order valence-electron chi connectivity index (χ3n) is 4.43. The van der Waals surface area contributed by atoms with E-state index in [9.17, 15) is 0 Å². The molecule has 0 aliphatic carbocycles. The molecule has 0 aromatic heterocycles. The standard InChI is InChI=1S/C16H26BrN3/c1-4-20-9-7-13(8-10-20)19(3)14-5-6-15(12(2)18)16(17)11-14/h5-6,11-13H,4,7-10,18H2,1-3H3. The van der Waals surface area contributed by atoms with Crippen LogP contribution in [-0.2, 0) is 0 Å². The molecule has 0 spiro atoms. The maximum absolute atomic E-state index is 5.96. The van der Waals surface area contributed by atoms with Crippen LogP contribution in [-0.4, -0.2) is 37.6 Å². The van der Waals surface area contributed by atoms with E-state index in [-0.39, 0.29) is 6.04 Å². The minimum absolute atomic E-state index is 0.0662. The first-order valence-electron chi connectivity index (χ1n) is 7.53. The van der Waals surface area contributed by atoms with Crippen molar-refractivity contribution < 1.29 is 0 Å². The second kappa shape index (κ2) is 6.92. The van der Waals surface area contributed by atoms with Crippen molar-refractivity contribution in [1.29, 1.82) is 0 Å². The van der Waals surface area contributed by atoms with Gasteiger partial charge in [-0.25, -0.2) is 0 Å². The molecule has 0 bridgehead atoms. The molecule has 0 saturated carbocycles. The van der Waals surface area contributed by atoms with E-state index in [0.717, 1.165) is 4.47 Å². The molecule has 20 heavy (non-hydrogen) atoms. The van der Waals surface area contributed by atoms with Gasteiger partial charge in [-0.05, 0) is 44.0 Å². The van der Waals surface area contributed by atoms with Gasteiger partial charge >= 0.3 is 0 Å². The molecule has 3 nitrogen and oxygen atoms in total. The first-order chi connectivity index (χ1) is 9.52. The molecule has 1 aromatic rings. The van der Waals surface area contributed by atoms with Crippen LogP contribution in [0.15, 0.2) is 22.7 Å². The van der Waals surface area contributed by atoms with Crippen LogP contribution in [0.25, 0.3) is 0 Å².